The molecule has 0 radical (unpaired) electrons. The molecule has 3 heterocycles. The number of nitrogens with zero attached hydrogens (tertiary/aromatic N) is 4. The molecule has 0 aliphatic carbocycles. The Morgan fingerprint density at radius 2 is 1.81 bits per heavy atom. The second-order valence-corrected chi connectivity index (χ2v) is 10.2. The van der Waals surface area contributed by atoms with Crippen LogP contribution in [0.3, 0.4) is 0 Å². The molecule has 27 heavy (non-hydrogen) atoms. The lowest BCUT2D eigenvalue weighted by Gasteiger charge is -2.35. The van der Waals surface area contributed by atoms with Gasteiger partial charge in [-0.2, -0.15) is 4.31 Å². The zero-order valence-corrected chi connectivity index (χ0v) is 17.5. The molecule has 0 bridgehead atoms. The van der Waals surface area contributed by atoms with Crippen molar-refractivity contribution in [3.05, 3.63) is 45.5 Å². The lowest BCUT2D eigenvalue weighted by atomic mass is 10.3. The molecule has 0 unspecified atom stereocenters. The van der Waals surface area contributed by atoms with E-state index in [1.807, 2.05) is 6.92 Å². The summed E-state index contributed by atoms with van der Waals surface area (Å²) in [5.41, 5.74) is 0. The van der Waals surface area contributed by atoms with E-state index in [1.165, 1.54) is 21.3 Å². The first-order valence-electron chi connectivity index (χ1n) is 8.27. The van der Waals surface area contributed by atoms with Gasteiger partial charge >= 0.3 is 0 Å². The number of benzene rings is 1. The Hall–Kier alpha value is -1.45. The fourth-order valence-corrected chi connectivity index (χ4v) is 6.17. The van der Waals surface area contributed by atoms with E-state index >= 15 is 0 Å². The lowest BCUT2D eigenvalue weighted by molar-refractivity contribution is 0.384. The Bertz CT molecular complexity index is 1110. The number of anilines is 1. The van der Waals surface area contributed by atoms with E-state index < -0.39 is 10.0 Å². The zero-order chi connectivity index (χ0) is 19.2. The standard InChI is InChI=1S/C17H16Cl2N4O2S2/c1-11-8-13-16(20-10-21-17(13)26-11)22-4-6-23(7-5-22)27(24,25)15-9-12(18)2-3-14(15)19/h2-3,8-10H,4-7H2,1H3. The van der Waals surface area contributed by atoms with Gasteiger partial charge in [-0.25, -0.2) is 18.4 Å². The molecule has 0 spiro atoms. The van der Waals surface area contributed by atoms with E-state index in [0.29, 0.717) is 31.2 Å². The highest BCUT2D eigenvalue weighted by molar-refractivity contribution is 7.89. The molecule has 1 aliphatic rings. The van der Waals surface area contributed by atoms with Gasteiger partial charge in [0.15, 0.2) is 0 Å². The van der Waals surface area contributed by atoms with E-state index in [1.54, 1.807) is 23.7 Å². The van der Waals surface area contributed by atoms with Crippen molar-refractivity contribution in [1.29, 1.82) is 0 Å². The van der Waals surface area contributed by atoms with Gasteiger partial charge in [0.25, 0.3) is 0 Å². The summed E-state index contributed by atoms with van der Waals surface area (Å²) < 4.78 is 27.4. The second kappa shape index (κ2) is 7.18. The van der Waals surface area contributed by atoms with Crippen molar-refractivity contribution >= 4 is 60.6 Å². The van der Waals surface area contributed by atoms with Gasteiger partial charge in [-0.3, -0.25) is 0 Å². The molecule has 1 aliphatic heterocycles. The van der Waals surface area contributed by atoms with Crippen molar-refractivity contribution in [2.45, 2.75) is 11.8 Å². The summed E-state index contributed by atoms with van der Waals surface area (Å²) in [7, 11) is -3.70. The van der Waals surface area contributed by atoms with Gasteiger partial charge in [0.1, 0.15) is 21.9 Å². The van der Waals surface area contributed by atoms with E-state index in [9.17, 15) is 8.42 Å². The predicted molar refractivity (Wildman–Crippen MR) is 110 cm³/mol. The van der Waals surface area contributed by atoms with Crippen LogP contribution in [0.1, 0.15) is 4.88 Å². The van der Waals surface area contributed by atoms with Crippen molar-refractivity contribution in [2.75, 3.05) is 31.1 Å². The van der Waals surface area contributed by atoms with Crippen molar-refractivity contribution < 1.29 is 8.42 Å². The minimum atomic E-state index is -3.70. The van der Waals surface area contributed by atoms with E-state index in [2.05, 4.69) is 20.9 Å². The Morgan fingerprint density at radius 3 is 2.56 bits per heavy atom. The number of aromatic nitrogens is 2. The third-order valence-electron chi connectivity index (χ3n) is 4.48. The molecule has 6 nitrogen and oxygen atoms in total. The Labute approximate surface area is 171 Å². The average molecular weight is 443 g/mol. The normalized spacial score (nSPS) is 16.2. The summed E-state index contributed by atoms with van der Waals surface area (Å²) >= 11 is 13.7. The van der Waals surface area contributed by atoms with Gasteiger partial charge in [-0.1, -0.05) is 23.2 Å². The first-order valence-corrected chi connectivity index (χ1v) is 11.3. The third-order valence-corrected chi connectivity index (χ3v) is 8.05. The summed E-state index contributed by atoms with van der Waals surface area (Å²) in [6.07, 6.45) is 1.56. The fourth-order valence-electron chi connectivity index (χ4n) is 3.17. The highest BCUT2D eigenvalue weighted by Gasteiger charge is 2.31. The van der Waals surface area contributed by atoms with Crippen LogP contribution in [0.25, 0.3) is 10.2 Å². The summed E-state index contributed by atoms with van der Waals surface area (Å²) in [6.45, 7) is 3.81. The molecule has 142 valence electrons. The maximum Gasteiger partial charge on any atom is 0.244 e. The van der Waals surface area contributed by atoms with Crippen LogP contribution in [0.5, 0.6) is 0 Å². The largest absolute Gasteiger partial charge is 0.353 e. The minimum absolute atomic E-state index is 0.0444. The van der Waals surface area contributed by atoms with Gasteiger partial charge in [0, 0.05) is 36.1 Å². The van der Waals surface area contributed by atoms with Gasteiger partial charge < -0.3 is 4.90 Å². The fraction of sp³-hybridized carbons (Fsp3) is 0.294. The van der Waals surface area contributed by atoms with E-state index in [-0.39, 0.29) is 9.92 Å². The van der Waals surface area contributed by atoms with Crippen molar-refractivity contribution in [1.82, 2.24) is 14.3 Å². The molecule has 10 heteroatoms. The molecule has 0 atom stereocenters. The lowest BCUT2D eigenvalue weighted by Crippen LogP contribution is -2.49. The maximum absolute atomic E-state index is 13.0. The number of rotatable bonds is 3. The molecule has 1 saturated heterocycles. The van der Waals surface area contributed by atoms with E-state index in [0.717, 1.165) is 16.0 Å². The van der Waals surface area contributed by atoms with Crippen LogP contribution < -0.4 is 4.90 Å². The van der Waals surface area contributed by atoms with Crippen LogP contribution in [0.2, 0.25) is 10.0 Å². The highest BCUT2D eigenvalue weighted by Crippen LogP contribution is 2.32. The molecule has 2 aromatic heterocycles. The number of hydrogen-bond donors (Lipinski definition) is 0. The third kappa shape index (κ3) is 3.52. The smallest absolute Gasteiger partial charge is 0.244 e. The number of aryl methyl sites for hydroxylation is 1. The highest BCUT2D eigenvalue weighted by atomic mass is 35.5. The van der Waals surface area contributed by atoms with Crippen molar-refractivity contribution in [3.63, 3.8) is 0 Å². The van der Waals surface area contributed by atoms with Gasteiger partial charge in [-0.15, -0.1) is 11.3 Å². The molecule has 4 rings (SSSR count). The number of fused-ring (bicyclic) bond motifs is 1. The van der Waals surface area contributed by atoms with Gasteiger partial charge in [-0.05, 0) is 31.2 Å². The van der Waals surface area contributed by atoms with Crippen LogP contribution >= 0.6 is 34.5 Å². The first-order chi connectivity index (χ1) is 12.9. The molecule has 1 aromatic carbocycles. The second-order valence-electron chi connectivity index (χ2n) is 6.24. The van der Waals surface area contributed by atoms with Crippen LogP contribution in [-0.4, -0.2) is 48.9 Å². The number of halogens is 2. The minimum Gasteiger partial charge on any atom is -0.353 e. The molecule has 0 saturated carbocycles. The van der Waals surface area contributed by atoms with E-state index in [4.69, 9.17) is 23.2 Å². The Morgan fingerprint density at radius 1 is 1.07 bits per heavy atom. The number of piperazine rings is 1. The number of hydrogen-bond acceptors (Lipinski definition) is 6. The van der Waals surface area contributed by atoms with Crippen molar-refractivity contribution in [2.24, 2.45) is 0 Å². The SMILES string of the molecule is Cc1cc2c(N3CCN(S(=O)(=O)c4cc(Cl)ccc4Cl)CC3)ncnc2s1. The summed E-state index contributed by atoms with van der Waals surface area (Å²) in [4.78, 5) is 13.0. The molecular weight excluding hydrogens is 427 g/mol. The quantitative estimate of drug-likeness (QED) is 0.616. The molecular formula is C17H16Cl2N4O2S2. The summed E-state index contributed by atoms with van der Waals surface area (Å²) in [6, 6.07) is 6.55. The van der Waals surface area contributed by atoms with Gasteiger partial charge in [0.2, 0.25) is 10.0 Å². The predicted octanol–water partition coefficient (Wildman–Crippen LogP) is 3.82. The molecule has 1 fully saturated rings. The maximum atomic E-state index is 13.0. The van der Waals surface area contributed by atoms with Gasteiger partial charge in [0.05, 0.1) is 10.4 Å². The summed E-state index contributed by atoms with van der Waals surface area (Å²) in [5.74, 6) is 0.849. The molecule has 0 N–H and O–H groups in total. The molecule has 3 aromatic rings. The Balaban J connectivity index is 1.57. The summed E-state index contributed by atoms with van der Waals surface area (Å²) in [5, 5.41) is 1.52. The number of sulfonamides is 1. The van der Waals surface area contributed by atoms with Crippen LogP contribution in [0.4, 0.5) is 5.82 Å². The van der Waals surface area contributed by atoms with Crippen LogP contribution in [0, 0.1) is 6.92 Å². The molecule has 0 amide bonds. The average Bonchev–Trinajstić information content (AvgIpc) is 3.04. The Kier molecular flexibility index (Phi) is 5.02. The number of thiophene rings is 1. The van der Waals surface area contributed by atoms with Crippen LogP contribution in [-0.2, 0) is 10.0 Å². The zero-order valence-electron chi connectivity index (χ0n) is 14.4. The topological polar surface area (TPSA) is 66.4 Å². The first kappa shape index (κ1) is 18.9. The monoisotopic (exact) mass is 442 g/mol. The van der Waals surface area contributed by atoms with Crippen LogP contribution in [0.15, 0.2) is 35.5 Å². The van der Waals surface area contributed by atoms with Crippen molar-refractivity contribution in [3.8, 4) is 0 Å².